The van der Waals surface area contributed by atoms with Crippen molar-refractivity contribution in [3.05, 3.63) is 141 Å². The van der Waals surface area contributed by atoms with Crippen molar-refractivity contribution < 1.29 is 26.7 Å². The van der Waals surface area contributed by atoms with E-state index in [4.69, 9.17) is 0 Å². The van der Waals surface area contributed by atoms with Crippen molar-refractivity contribution in [3.8, 4) is 11.1 Å². The van der Waals surface area contributed by atoms with Crippen LogP contribution in [0.25, 0.3) is 22.0 Å². The molecule has 49 heavy (non-hydrogen) atoms. The SMILES string of the molecule is CN1CCC(N(Cc2ccc(-c3ccccc3)c(C(F)(F)F)c2)C(=O)Cn2c(CCc3cccc(F)c3F)cc(=O)c3ccccc32)CC1. The van der Waals surface area contributed by atoms with Crippen molar-refractivity contribution in [1.29, 1.82) is 0 Å². The third kappa shape index (κ3) is 7.59. The minimum atomic E-state index is -4.62. The van der Waals surface area contributed by atoms with Crippen molar-refractivity contribution in [3.63, 3.8) is 0 Å². The first-order chi connectivity index (χ1) is 23.5. The van der Waals surface area contributed by atoms with E-state index in [1.807, 2.05) is 7.05 Å². The largest absolute Gasteiger partial charge is 0.417 e. The van der Waals surface area contributed by atoms with Crippen LogP contribution in [0.15, 0.2) is 102 Å². The van der Waals surface area contributed by atoms with E-state index in [9.17, 15) is 31.5 Å². The number of aryl methyl sites for hydroxylation is 2. The molecule has 5 nitrogen and oxygen atoms in total. The standard InChI is InChI=1S/C39H36F5N3O2/c1-45-20-18-29(19-21-45)47(24-26-14-17-31(27-8-3-2-4-9-27)33(22-26)39(42,43)44)37(49)25-46-30(16-15-28-10-7-12-34(40)38(28)41)23-36(48)32-11-5-6-13-35(32)46/h2-14,17,22-23,29H,15-16,18-21,24-25H2,1H3. The molecule has 1 aromatic heterocycles. The number of piperidine rings is 1. The lowest BCUT2D eigenvalue weighted by molar-refractivity contribution is -0.137. The van der Waals surface area contributed by atoms with Crippen LogP contribution in [-0.4, -0.2) is 46.5 Å². The van der Waals surface area contributed by atoms with E-state index in [1.165, 1.54) is 24.3 Å². The number of hydrogen-bond acceptors (Lipinski definition) is 3. The number of carbonyl (C=O) groups is 1. The summed E-state index contributed by atoms with van der Waals surface area (Å²) in [6, 6.07) is 24.6. The van der Waals surface area contributed by atoms with Gasteiger partial charge in [-0.15, -0.1) is 0 Å². The van der Waals surface area contributed by atoms with E-state index in [-0.39, 0.29) is 54.4 Å². The number of amides is 1. The Balaban J connectivity index is 1.36. The molecule has 1 aliphatic heterocycles. The van der Waals surface area contributed by atoms with Crippen LogP contribution in [0.1, 0.15) is 35.2 Å². The van der Waals surface area contributed by atoms with Crippen LogP contribution >= 0.6 is 0 Å². The number of rotatable bonds is 9. The van der Waals surface area contributed by atoms with Gasteiger partial charge in [0.2, 0.25) is 5.91 Å². The second-order valence-electron chi connectivity index (χ2n) is 12.6. The Morgan fingerprint density at radius 2 is 1.57 bits per heavy atom. The van der Waals surface area contributed by atoms with Crippen LogP contribution in [-0.2, 0) is 36.9 Å². The second kappa shape index (κ2) is 14.3. The lowest BCUT2D eigenvalue weighted by Crippen LogP contribution is -2.47. The molecule has 0 bridgehead atoms. The summed E-state index contributed by atoms with van der Waals surface area (Å²) in [4.78, 5) is 31.3. The van der Waals surface area contributed by atoms with Crippen molar-refractivity contribution in [2.45, 2.75) is 51.0 Å². The minimum Gasteiger partial charge on any atom is -0.335 e. The van der Waals surface area contributed by atoms with Crippen LogP contribution in [0, 0.1) is 11.6 Å². The molecule has 1 saturated heterocycles. The minimum absolute atomic E-state index is 0.0344. The highest BCUT2D eigenvalue weighted by Gasteiger charge is 2.35. The highest BCUT2D eigenvalue weighted by Crippen LogP contribution is 2.38. The normalized spacial score (nSPS) is 14.3. The molecular formula is C39H36F5N3O2. The average Bonchev–Trinajstić information content (AvgIpc) is 3.09. The number of nitrogens with zero attached hydrogens (tertiary/aromatic N) is 3. The van der Waals surface area contributed by atoms with Crippen molar-refractivity contribution >= 4 is 16.8 Å². The summed E-state index contributed by atoms with van der Waals surface area (Å²) < 4.78 is 73.4. The summed E-state index contributed by atoms with van der Waals surface area (Å²) in [6.45, 7) is 1.22. The molecule has 6 rings (SSSR count). The van der Waals surface area contributed by atoms with E-state index < -0.39 is 23.4 Å². The molecule has 5 aromatic rings. The zero-order chi connectivity index (χ0) is 34.7. The molecule has 4 aromatic carbocycles. The van der Waals surface area contributed by atoms with Crippen LogP contribution in [0.2, 0.25) is 0 Å². The predicted molar refractivity (Wildman–Crippen MR) is 180 cm³/mol. The summed E-state index contributed by atoms with van der Waals surface area (Å²) in [5, 5.41) is 0.396. The van der Waals surface area contributed by atoms with Crippen LogP contribution in [0.3, 0.4) is 0 Å². The van der Waals surface area contributed by atoms with Gasteiger partial charge in [-0.1, -0.05) is 66.7 Å². The maximum Gasteiger partial charge on any atom is 0.417 e. The molecule has 1 aliphatic rings. The molecule has 254 valence electrons. The van der Waals surface area contributed by atoms with Gasteiger partial charge in [0.15, 0.2) is 17.1 Å². The lowest BCUT2D eigenvalue weighted by atomic mass is 9.96. The fraction of sp³-hybridized carbons (Fsp3) is 0.282. The fourth-order valence-corrected chi connectivity index (χ4v) is 6.72. The van der Waals surface area contributed by atoms with Gasteiger partial charge in [0, 0.05) is 29.7 Å². The summed E-state index contributed by atoms with van der Waals surface area (Å²) in [5.41, 5.74) is 0.943. The van der Waals surface area contributed by atoms with E-state index in [0.717, 1.165) is 25.2 Å². The van der Waals surface area contributed by atoms with Crippen molar-refractivity contribution in [2.24, 2.45) is 0 Å². The number of fused-ring (bicyclic) bond motifs is 1. The molecule has 1 amide bonds. The Morgan fingerprint density at radius 1 is 0.857 bits per heavy atom. The molecule has 0 aliphatic carbocycles. The zero-order valence-electron chi connectivity index (χ0n) is 27.0. The van der Waals surface area contributed by atoms with Crippen LogP contribution in [0.5, 0.6) is 0 Å². The smallest absolute Gasteiger partial charge is 0.335 e. The molecule has 0 radical (unpaired) electrons. The quantitative estimate of drug-likeness (QED) is 0.150. The Labute approximate surface area is 281 Å². The van der Waals surface area contributed by atoms with E-state index >= 15 is 0 Å². The first kappa shape index (κ1) is 34.0. The number of aromatic nitrogens is 1. The first-order valence-corrected chi connectivity index (χ1v) is 16.3. The number of pyridine rings is 1. The zero-order valence-corrected chi connectivity index (χ0v) is 27.0. The van der Waals surface area contributed by atoms with Gasteiger partial charge in [0.1, 0.15) is 6.54 Å². The Bertz CT molecular complexity index is 2020. The van der Waals surface area contributed by atoms with E-state index in [1.54, 1.807) is 70.1 Å². The monoisotopic (exact) mass is 673 g/mol. The fourth-order valence-electron chi connectivity index (χ4n) is 6.72. The molecular weight excluding hydrogens is 637 g/mol. The Kier molecular flexibility index (Phi) is 9.96. The number of para-hydroxylation sites is 1. The molecule has 0 spiro atoms. The van der Waals surface area contributed by atoms with E-state index in [2.05, 4.69) is 4.90 Å². The molecule has 1 fully saturated rings. The number of hydrogen-bond donors (Lipinski definition) is 0. The van der Waals surface area contributed by atoms with Gasteiger partial charge in [-0.05, 0) is 92.3 Å². The molecule has 10 heteroatoms. The van der Waals surface area contributed by atoms with Gasteiger partial charge in [0.05, 0.1) is 11.1 Å². The highest BCUT2D eigenvalue weighted by molar-refractivity contribution is 5.83. The van der Waals surface area contributed by atoms with Gasteiger partial charge < -0.3 is 14.4 Å². The first-order valence-electron chi connectivity index (χ1n) is 16.3. The number of benzene rings is 4. The van der Waals surface area contributed by atoms with Gasteiger partial charge in [0.25, 0.3) is 0 Å². The summed E-state index contributed by atoms with van der Waals surface area (Å²) in [7, 11) is 1.99. The summed E-state index contributed by atoms with van der Waals surface area (Å²) >= 11 is 0. The van der Waals surface area contributed by atoms with Gasteiger partial charge in [-0.25, -0.2) is 8.78 Å². The summed E-state index contributed by atoms with van der Waals surface area (Å²) in [6.07, 6.45) is -3.09. The summed E-state index contributed by atoms with van der Waals surface area (Å²) in [5.74, 6) is -2.25. The Hall–Kier alpha value is -4.83. The van der Waals surface area contributed by atoms with Crippen LogP contribution in [0.4, 0.5) is 22.0 Å². The lowest BCUT2D eigenvalue weighted by Gasteiger charge is -2.38. The second-order valence-corrected chi connectivity index (χ2v) is 12.6. The predicted octanol–water partition coefficient (Wildman–Crippen LogP) is 7.87. The number of carbonyl (C=O) groups excluding carboxylic acids is 1. The molecule has 0 unspecified atom stereocenters. The van der Waals surface area contributed by atoms with Crippen molar-refractivity contribution in [2.75, 3.05) is 20.1 Å². The highest BCUT2D eigenvalue weighted by atomic mass is 19.4. The molecule has 2 heterocycles. The maximum atomic E-state index is 14.5. The third-order valence-corrected chi connectivity index (χ3v) is 9.36. The average molecular weight is 674 g/mol. The topological polar surface area (TPSA) is 45.5 Å². The Morgan fingerprint density at radius 3 is 2.31 bits per heavy atom. The third-order valence-electron chi connectivity index (χ3n) is 9.36. The van der Waals surface area contributed by atoms with Gasteiger partial charge in [-0.2, -0.15) is 13.2 Å². The number of halogens is 5. The van der Waals surface area contributed by atoms with Gasteiger partial charge >= 0.3 is 6.18 Å². The van der Waals surface area contributed by atoms with Crippen molar-refractivity contribution in [1.82, 2.24) is 14.4 Å². The molecule has 0 saturated carbocycles. The maximum absolute atomic E-state index is 14.5. The van der Waals surface area contributed by atoms with Gasteiger partial charge in [-0.3, -0.25) is 9.59 Å². The van der Waals surface area contributed by atoms with E-state index in [0.29, 0.717) is 40.6 Å². The molecule has 0 atom stereocenters. The van der Waals surface area contributed by atoms with Crippen LogP contribution < -0.4 is 5.43 Å². The number of alkyl halides is 3. The molecule has 0 N–H and O–H groups in total. The number of likely N-dealkylation sites (tertiary alicyclic amines) is 1.